The predicted octanol–water partition coefficient (Wildman–Crippen LogP) is 5.93. The zero-order chi connectivity index (χ0) is 15.5. The standard InChI is InChI=1S/C19H32FN/c1-4-5-6-7-8-9-10-11-12-19(21-3)17-13-14-18(20)16(2)15-17/h13-15,19,21H,4-12H2,1-3H3. The first-order valence-electron chi connectivity index (χ1n) is 8.62. The lowest BCUT2D eigenvalue weighted by Crippen LogP contribution is -2.16. The molecule has 120 valence electrons. The normalized spacial score (nSPS) is 12.6. The summed E-state index contributed by atoms with van der Waals surface area (Å²) in [6, 6.07) is 5.82. The summed E-state index contributed by atoms with van der Waals surface area (Å²) in [5.41, 5.74) is 1.95. The molecule has 21 heavy (non-hydrogen) atoms. The van der Waals surface area contributed by atoms with Crippen LogP contribution in [0.4, 0.5) is 4.39 Å². The summed E-state index contributed by atoms with van der Waals surface area (Å²) >= 11 is 0. The minimum Gasteiger partial charge on any atom is -0.313 e. The van der Waals surface area contributed by atoms with Gasteiger partial charge < -0.3 is 5.32 Å². The number of halogens is 1. The monoisotopic (exact) mass is 293 g/mol. The quantitative estimate of drug-likeness (QED) is 0.499. The molecule has 1 unspecified atom stereocenters. The van der Waals surface area contributed by atoms with Gasteiger partial charge in [-0.05, 0) is 37.6 Å². The Bertz CT molecular complexity index is 389. The van der Waals surface area contributed by atoms with Gasteiger partial charge in [-0.15, -0.1) is 0 Å². The lowest BCUT2D eigenvalue weighted by molar-refractivity contribution is 0.493. The number of nitrogens with one attached hydrogen (secondary N) is 1. The number of unbranched alkanes of at least 4 members (excludes halogenated alkanes) is 7. The number of benzene rings is 1. The zero-order valence-corrected chi connectivity index (χ0v) is 14.1. The molecule has 1 aromatic rings. The van der Waals surface area contributed by atoms with E-state index in [1.54, 1.807) is 6.07 Å². The fourth-order valence-electron chi connectivity index (χ4n) is 2.84. The minimum atomic E-state index is -0.110. The number of aryl methyl sites for hydroxylation is 1. The molecule has 0 amide bonds. The van der Waals surface area contributed by atoms with Gasteiger partial charge in [-0.2, -0.15) is 0 Å². The van der Waals surface area contributed by atoms with Crippen LogP contribution >= 0.6 is 0 Å². The SMILES string of the molecule is CCCCCCCCCCC(NC)c1ccc(F)c(C)c1. The third-order valence-corrected chi connectivity index (χ3v) is 4.28. The predicted molar refractivity (Wildman–Crippen MR) is 90.2 cm³/mol. The van der Waals surface area contributed by atoms with Crippen LogP contribution in [-0.4, -0.2) is 7.05 Å². The number of hydrogen-bond acceptors (Lipinski definition) is 1. The van der Waals surface area contributed by atoms with Crippen molar-refractivity contribution in [2.45, 2.75) is 77.7 Å². The maximum atomic E-state index is 13.3. The Morgan fingerprint density at radius 3 is 2.19 bits per heavy atom. The summed E-state index contributed by atoms with van der Waals surface area (Å²) in [7, 11) is 1.99. The van der Waals surface area contributed by atoms with E-state index in [1.165, 1.54) is 56.9 Å². The van der Waals surface area contributed by atoms with Crippen molar-refractivity contribution in [2.75, 3.05) is 7.05 Å². The van der Waals surface area contributed by atoms with E-state index in [0.29, 0.717) is 6.04 Å². The molecule has 0 saturated carbocycles. The van der Waals surface area contributed by atoms with Gasteiger partial charge in [0, 0.05) is 6.04 Å². The van der Waals surface area contributed by atoms with Gasteiger partial charge in [0.1, 0.15) is 5.82 Å². The largest absolute Gasteiger partial charge is 0.313 e. The molecule has 0 aliphatic rings. The number of hydrogen-bond donors (Lipinski definition) is 1. The Balaban J connectivity index is 2.23. The highest BCUT2D eigenvalue weighted by Crippen LogP contribution is 2.22. The summed E-state index contributed by atoms with van der Waals surface area (Å²) in [6.07, 6.45) is 11.9. The first kappa shape index (κ1) is 18.2. The van der Waals surface area contributed by atoms with Crippen molar-refractivity contribution < 1.29 is 4.39 Å². The maximum Gasteiger partial charge on any atom is 0.126 e. The van der Waals surface area contributed by atoms with E-state index in [-0.39, 0.29) is 5.82 Å². The molecule has 1 N–H and O–H groups in total. The van der Waals surface area contributed by atoms with Crippen LogP contribution in [-0.2, 0) is 0 Å². The van der Waals surface area contributed by atoms with Crippen molar-refractivity contribution in [2.24, 2.45) is 0 Å². The van der Waals surface area contributed by atoms with Gasteiger partial charge in [0.15, 0.2) is 0 Å². The Kier molecular flexibility index (Phi) is 9.32. The maximum absolute atomic E-state index is 13.3. The van der Waals surface area contributed by atoms with Gasteiger partial charge in [0.2, 0.25) is 0 Å². The summed E-state index contributed by atoms with van der Waals surface area (Å²) in [6.45, 7) is 4.09. The Hall–Kier alpha value is -0.890. The van der Waals surface area contributed by atoms with E-state index >= 15 is 0 Å². The second kappa shape index (κ2) is 10.8. The topological polar surface area (TPSA) is 12.0 Å². The van der Waals surface area contributed by atoms with Gasteiger partial charge in [-0.1, -0.05) is 70.4 Å². The van der Waals surface area contributed by atoms with E-state index in [4.69, 9.17) is 0 Å². The van der Waals surface area contributed by atoms with Gasteiger partial charge in [-0.3, -0.25) is 0 Å². The van der Waals surface area contributed by atoms with E-state index in [1.807, 2.05) is 26.1 Å². The molecule has 1 rings (SSSR count). The Morgan fingerprint density at radius 2 is 1.62 bits per heavy atom. The van der Waals surface area contributed by atoms with E-state index in [0.717, 1.165) is 12.0 Å². The zero-order valence-electron chi connectivity index (χ0n) is 14.1. The van der Waals surface area contributed by atoms with Gasteiger partial charge in [0.25, 0.3) is 0 Å². The molecular weight excluding hydrogens is 261 g/mol. The van der Waals surface area contributed by atoms with E-state index in [2.05, 4.69) is 12.2 Å². The summed E-state index contributed by atoms with van der Waals surface area (Å²) in [5.74, 6) is -0.110. The fourth-order valence-corrected chi connectivity index (χ4v) is 2.84. The van der Waals surface area contributed by atoms with Crippen molar-refractivity contribution in [3.05, 3.63) is 35.1 Å². The Morgan fingerprint density at radius 1 is 1.00 bits per heavy atom. The van der Waals surface area contributed by atoms with Crippen LogP contribution in [0.15, 0.2) is 18.2 Å². The van der Waals surface area contributed by atoms with Crippen molar-refractivity contribution in [1.82, 2.24) is 5.32 Å². The molecule has 0 saturated heterocycles. The molecule has 0 radical (unpaired) electrons. The summed E-state index contributed by atoms with van der Waals surface area (Å²) < 4.78 is 13.3. The molecular formula is C19H32FN. The third kappa shape index (κ3) is 7.08. The van der Waals surface area contributed by atoms with Crippen LogP contribution in [0.2, 0.25) is 0 Å². The van der Waals surface area contributed by atoms with Crippen molar-refractivity contribution >= 4 is 0 Å². The average molecular weight is 293 g/mol. The lowest BCUT2D eigenvalue weighted by Gasteiger charge is -2.17. The molecule has 0 aromatic heterocycles. The van der Waals surface area contributed by atoms with Gasteiger partial charge >= 0.3 is 0 Å². The lowest BCUT2D eigenvalue weighted by atomic mass is 9.98. The molecule has 2 heteroatoms. The van der Waals surface area contributed by atoms with Crippen molar-refractivity contribution in [3.8, 4) is 0 Å². The van der Waals surface area contributed by atoms with Gasteiger partial charge in [-0.25, -0.2) is 4.39 Å². The van der Waals surface area contributed by atoms with Gasteiger partial charge in [0.05, 0.1) is 0 Å². The van der Waals surface area contributed by atoms with Crippen LogP contribution in [0, 0.1) is 12.7 Å². The summed E-state index contributed by atoms with van der Waals surface area (Å²) in [4.78, 5) is 0. The van der Waals surface area contributed by atoms with Crippen LogP contribution < -0.4 is 5.32 Å². The molecule has 1 aromatic carbocycles. The van der Waals surface area contributed by atoms with Crippen LogP contribution in [0.5, 0.6) is 0 Å². The van der Waals surface area contributed by atoms with Crippen molar-refractivity contribution in [3.63, 3.8) is 0 Å². The fraction of sp³-hybridized carbons (Fsp3) is 0.684. The minimum absolute atomic E-state index is 0.110. The average Bonchev–Trinajstić information content (AvgIpc) is 2.49. The highest BCUT2D eigenvalue weighted by atomic mass is 19.1. The van der Waals surface area contributed by atoms with E-state index in [9.17, 15) is 4.39 Å². The summed E-state index contributed by atoms with van der Waals surface area (Å²) in [5, 5.41) is 3.36. The first-order valence-corrected chi connectivity index (χ1v) is 8.62. The van der Waals surface area contributed by atoms with Crippen LogP contribution in [0.25, 0.3) is 0 Å². The molecule has 1 nitrogen and oxygen atoms in total. The molecule has 0 aliphatic carbocycles. The molecule has 0 bridgehead atoms. The highest BCUT2D eigenvalue weighted by Gasteiger charge is 2.10. The molecule has 0 aliphatic heterocycles. The second-order valence-electron chi connectivity index (χ2n) is 6.11. The number of rotatable bonds is 11. The Labute approximate surface area is 130 Å². The highest BCUT2D eigenvalue weighted by molar-refractivity contribution is 5.26. The molecule has 0 heterocycles. The third-order valence-electron chi connectivity index (χ3n) is 4.28. The first-order chi connectivity index (χ1) is 10.2. The smallest absolute Gasteiger partial charge is 0.126 e. The van der Waals surface area contributed by atoms with Crippen LogP contribution in [0.3, 0.4) is 0 Å². The van der Waals surface area contributed by atoms with E-state index < -0.39 is 0 Å². The molecule has 0 spiro atoms. The second-order valence-corrected chi connectivity index (χ2v) is 6.11. The molecule has 1 atom stereocenters. The van der Waals surface area contributed by atoms with Crippen LogP contribution in [0.1, 0.15) is 81.9 Å². The molecule has 0 fully saturated rings. The van der Waals surface area contributed by atoms with Crippen molar-refractivity contribution in [1.29, 1.82) is 0 Å².